The third-order valence-electron chi connectivity index (χ3n) is 2.67. The molecule has 0 aromatic heterocycles. The van der Waals surface area contributed by atoms with Crippen LogP contribution in [0.5, 0.6) is 0 Å². The van der Waals surface area contributed by atoms with Crippen molar-refractivity contribution in [3.8, 4) is 0 Å². The quantitative estimate of drug-likeness (QED) is 0.539. The van der Waals surface area contributed by atoms with Crippen molar-refractivity contribution in [3.63, 3.8) is 0 Å². The molecule has 0 spiro atoms. The summed E-state index contributed by atoms with van der Waals surface area (Å²) in [5.41, 5.74) is 1.53. The van der Waals surface area contributed by atoms with Crippen LogP contribution in [0, 0.1) is 0 Å². The second-order valence-electron chi connectivity index (χ2n) is 3.93. The van der Waals surface area contributed by atoms with Gasteiger partial charge in [-0.15, -0.1) is 0 Å². The lowest BCUT2D eigenvalue weighted by Crippen LogP contribution is -2.36. The van der Waals surface area contributed by atoms with Gasteiger partial charge in [0, 0.05) is 0 Å². The van der Waals surface area contributed by atoms with Gasteiger partial charge in [-0.1, -0.05) is 11.6 Å². The third-order valence-corrected chi connectivity index (χ3v) is 2.67. The zero-order chi connectivity index (χ0) is 11.1. The van der Waals surface area contributed by atoms with E-state index in [1.54, 1.807) is 0 Å². The summed E-state index contributed by atoms with van der Waals surface area (Å²) in [5.74, 6) is -0.155. The van der Waals surface area contributed by atoms with Gasteiger partial charge in [0.1, 0.15) is 6.04 Å². The molecular formula is C12H21NO2. The number of carbonyl (C=O) groups is 1. The lowest BCUT2D eigenvalue weighted by atomic mass is 10.1. The maximum atomic E-state index is 11.3. The first kappa shape index (κ1) is 12.2. The molecule has 15 heavy (non-hydrogen) atoms. The van der Waals surface area contributed by atoms with E-state index in [0.717, 1.165) is 13.0 Å². The molecule has 1 atom stereocenters. The summed E-state index contributed by atoms with van der Waals surface area (Å²) in [5, 5.41) is 3.18. The average Bonchev–Trinajstić information content (AvgIpc) is 2.71. The first-order chi connectivity index (χ1) is 7.24. The highest BCUT2D eigenvalue weighted by molar-refractivity contribution is 5.75. The van der Waals surface area contributed by atoms with Crippen LogP contribution >= 0.6 is 0 Å². The molecule has 1 unspecified atom stereocenters. The Bertz CT molecular complexity index is 236. The van der Waals surface area contributed by atoms with Crippen molar-refractivity contribution in [1.82, 2.24) is 5.32 Å². The predicted molar refractivity (Wildman–Crippen MR) is 60.6 cm³/mol. The van der Waals surface area contributed by atoms with Crippen molar-refractivity contribution >= 4 is 5.97 Å². The molecule has 0 aromatic carbocycles. The monoisotopic (exact) mass is 211 g/mol. The fourth-order valence-electron chi connectivity index (χ4n) is 1.76. The Kier molecular flexibility index (Phi) is 5.40. The minimum Gasteiger partial charge on any atom is -0.465 e. The number of hydrogen-bond acceptors (Lipinski definition) is 3. The normalized spacial score (nSPS) is 17.3. The topological polar surface area (TPSA) is 38.3 Å². The molecule has 0 saturated heterocycles. The fourth-order valence-corrected chi connectivity index (χ4v) is 1.76. The van der Waals surface area contributed by atoms with Gasteiger partial charge < -0.3 is 10.1 Å². The highest BCUT2D eigenvalue weighted by atomic mass is 16.5. The molecule has 1 aliphatic rings. The third kappa shape index (κ3) is 4.47. The van der Waals surface area contributed by atoms with E-state index in [9.17, 15) is 4.79 Å². The number of ether oxygens (including phenoxy) is 1. The molecule has 3 heteroatoms. The summed E-state index contributed by atoms with van der Waals surface area (Å²) in [6.45, 7) is 5.00. The number of nitrogens with one attached hydrogen (secondary N) is 1. The Morgan fingerprint density at radius 1 is 1.67 bits per heavy atom. The van der Waals surface area contributed by atoms with Crippen molar-refractivity contribution in [2.24, 2.45) is 0 Å². The predicted octanol–water partition coefficient (Wildman–Crippen LogP) is 2.03. The van der Waals surface area contributed by atoms with Gasteiger partial charge in [-0.2, -0.15) is 0 Å². The lowest BCUT2D eigenvalue weighted by Gasteiger charge is -2.12. The molecule has 0 heterocycles. The van der Waals surface area contributed by atoms with E-state index in [-0.39, 0.29) is 12.0 Å². The van der Waals surface area contributed by atoms with Crippen LogP contribution < -0.4 is 5.32 Å². The Morgan fingerprint density at radius 2 is 2.47 bits per heavy atom. The smallest absolute Gasteiger partial charge is 0.322 e. The van der Waals surface area contributed by atoms with Gasteiger partial charge in [-0.05, 0) is 46.1 Å². The van der Waals surface area contributed by atoms with Gasteiger partial charge in [0.15, 0.2) is 0 Å². The summed E-state index contributed by atoms with van der Waals surface area (Å²) in [7, 11) is 0. The summed E-state index contributed by atoms with van der Waals surface area (Å²) in [6, 6.07) is -0.188. The SMILES string of the molecule is CCOC(=O)C(C)NCCC1=CCCC1. The summed E-state index contributed by atoms with van der Waals surface area (Å²) >= 11 is 0. The van der Waals surface area contributed by atoms with Crippen LogP contribution in [0.15, 0.2) is 11.6 Å². The molecule has 0 radical (unpaired) electrons. The first-order valence-electron chi connectivity index (χ1n) is 5.82. The Labute approximate surface area is 91.9 Å². The Hall–Kier alpha value is -0.830. The van der Waals surface area contributed by atoms with Crippen LogP contribution in [0.1, 0.15) is 39.5 Å². The number of rotatable bonds is 6. The van der Waals surface area contributed by atoms with E-state index in [2.05, 4.69) is 11.4 Å². The zero-order valence-corrected chi connectivity index (χ0v) is 9.71. The zero-order valence-electron chi connectivity index (χ0n) is 9.71. The van der Waals surface area contributed by atoms with Gasteiger partial charge in [0.05, 0.1) is 6.61 Å². The lowest BCUT2D eigenvalue weighted by molar-refractivity contribution is -0.145. The molecule has 1 aliphatic carbocycles. The van der Waals surface area contributed by atoms with Crippen LogP contribution in [0.3, 0.4) is 0 Å². The summed E-state index contributed by atoms with van der Waals surface area (Å²) < 4.78 is 4.91. The van der Waals surface area contributed by atoms with E-state index < -0.39 is 0 Å². The molecule has 86 valence electrons. The van der Waals surface area contributed by atoms with Crippen LogP contribution in [0.4, 0.5) is 0 Å². The van der Waals surface area contributed by atoms with Gasteiger partial charge in [-0.3, -0.25) is 4.79 Å². The minimum absolute atomic E-state index is 0.155. The molecule has 0 saturated carbocycles. The molecule has 3 nitrogen and oxygen atoms in total. The van der Waals surface area contributed by atoms with E-state index >= 15 is 0 Å². The second-order valence-corrected chi connectivity index (χ2v) is 3.93. The second kappa shape index (κ2) is 6.62. The van der Waals surface area contributed by atoms with Crippen molar-refractivity contribution in [2.45, 2.75) is 45.6 Å². The van der Waals surface area contributed by atoms with Gasteiger partial charge in [0.25, 0.3) is 0 Å². The summed E-state index contributed by atoms with van der Waals surface area (Å²) in [6.07, 6.45) is 7.13. The van der Waals surface area contributed by atoms with Crippen LogP contribution in [-0.4, -0.2) is 25.2 Å². The molecular weight excluding hydrogens is 190 g/mol. The van der Waals surface area contributed by atoms with Crippen LogP contribution in [-0.2, 0) is 9.53 Å². The highest BCUT2D eigenvalue weighted by Crippen LogP contribution is 2.19. The molecule has 0 aromatic rings. The van der Waals surface area contributed by atoms with Gasteiger partial charge in [0.2, 0.25) is 0 Å². The van der Waals surface area contributed by atoms with Crippen molar-refractivity contribution in [3.05, 3.63) is 11.6 Å². The van der Waals surface area contributed by atoms with Crippen molar-refractivity contribution in [1.29, 1.82) is 0 Å². The molecule has 0 bridgehead atoms. The summed E-state index contributed by atoms with van der Waals surface area (Å²) in [4.78, 5) is 11.3. The first-order valence-corrected chi connectivity index (χ1v) is 5.82. The number of allylic oxidation sites excluding steroid dienone is 1. The van der Waals surface area contributed by atoms with Crippen molar-refractivity contribution in [2.75, 3.05) is 13.2 Å². The van der Waals surface area contributed by atoms with E-state index in [1.165, 1.54) is 24.8 Å². The molecule has 1 rings (SSSR count). The van der Waals surface area contributed by atoms with E-state index in [1.807, 2.05) is 13.8 Å². The highest BCUT2D eigenvalue weighted by Gasteiger charge is 2.12. The maximum Gasteiger partial charge on any atom is 0.322 e. The fraction of sp³-hybridized carbons (Fsp3) is 0.750. The number of esters is 1. The maximum absolute atomic E-state index is 11.3. The molecule has 0 aliphatic heterocycles. The van der Waals surface area contributed by atoms with Crippen LogP contribution in [0.2, 0.25) is 0 Å². The number of carbonyl (C=O) groups excluding carboxylic acids is 1. The molecule has 0 fully saturated rings. The largest absolute Gasteiger partial charge is 0.465 e. The van der Waals surface area contributed by atoms with E-state index in [0.29, 0.717) is 6.61 Å². The van der Waals surface area contributed by atoms with Crippen molar-refractivity contribution < 1.29 is 9.53 Å². The average molecular weight is 211 g/mol. The van der Waals surface area contributed by atoms with Gasteiger partial charge in [-0.25, -0.2) is 0 Å². The molecule has 0 amide bonds. The van der Waals surface area contributed by atoms with Crippen LogP contribution in [0.25, 0.3) is 0 Å². The Morgan fingerprint density at radius 3 is 3.07 bits per heavy atom. The standard InChI is InChI=1S/C12H21NO2/c1-3-15-12(14)10(2)13-9-8-11-6-4-5-7-11/h6,10,13H,3-5,7-9H2,1-2H3. The van der Waals surface area contributed by atoms with Gasteiger partial charge >= 0.3 is 5.97 Å². The Balaban J connectivity index is 2.10. The van der Waals surface area contributed by atoms with E-state index in [4.69, 9.17) is 4.74 Å². The number of hydrogen-bond donors (Lipinski definition) is 1. The minimum atomic E-state index is -0.188. The molecule has 1 N–H and O–H groups in total.